The van der Waals surface area contributed by atoms with E-state index in [1.165, 1.54) is 15.6 Å². The lowest BCUT2D eigenvalue weighted by Gasteiger charge is -2.23. The quantitative estimate of drug-likeness (QED) is 0.833. The maximum atomic E-state index is 4.71. The van der Waals surface area contributed by atoms with Gasteiger partial charge in [0.15, 0.2) is 0 Å². The first-order chi connectivity index (χ1) is 7.01. The van der Waals surface area contributed by atoms with Crippen molar-refractivity contribution in [3.05, 3.63) is 15.6 Å². The molecule has 1 aromatic rings. The van der Waals surface area contributed by atoms with E-state index in [2.05, 4.69) is 39.9 Å². The van der Waals surface area contributed by atoms with Gasteiger partial charge in [0.1, 0.15) is 5.01 Å². The molecule has 0 spiro atoms. The Bertz CT molecular complexity index is 315. The van der Waals surface area contributed by atoms with Gasteiger partial charge < -0.3 is 5.32 Å². The Morgan fingerprint density at radius 3 is 2.47 bits per heavy atom. The zero-order chi connectivity index (χ0) is 11.5. The third kappa shape index (κ3) is 3.02. The van der Waals surface area contributed by atoms with Gasteiger partial charge in [-0.3, -0.25) is 0 Å². The molecule has 86 valence electrons. The first kappa shape index (κ1) is 12.7. The molecule has 0 aliphatic heterocycles. The highest BCUT2D eigenvalue weighted by Gasteiger charge is 2.24. The Morgan fingerprint density at radius 2 is 2.00 bits per heavy atom. The highest BCUT2D eigenvalue weighted by Crippen LogP contribution is 2.27. The first-order valence-electron chi connectivity index (χ1n) is 5.73. The molecule has 0 atom stereocenters. The Kier molecular flexibility index (Phi) is 4.29. The molecule has 0 aromatic carbocycles. The summed E-state index contributed by atoms with van der Waals surface area (Å²) < 4.78 is 0. The summed E-state index contributed by atoms with van der Waals surface area (Å²) in [7, 11) is 0. The van der Waals surface area contributed by atoms with Crippen molar-refractivity contribution in [1.82, 2.24) is 10.3 Å². The minimum absolute atomic E-state index is 0.0128. The summed E-state index contributed by atoms with van der Waals surface area (Å²) in [5.41, 5.74) is 1.26. The smallest absolute Gasteiger partial charge is 0.113 e. The number of rotatable bonds is 5. The normalized spacial score (nSPS) is 12.1. The molecule has 0 aliphatic carbocycles. The summed E-state index contributed by atoms with van der Waals surface area (Å²) in [6.45, 7) is 12.0. The summed E-state index contributed by atoms with van der Waals surface area (Å²) in [5.74, 6) is 0. The van der Waals surface area contributed by atoms with Crippen LogP contribution in [0, 0.1) is 6.92 Å². The van der Waals surface area contributed by atoms with E-state index >= 15 is 0 Å². The van der Waals surface area contributed by atoms with Crippen molar-refractivity contribution in [2.75, 3.05) is 6.54 Å². The fourth-order valence-corrected chi connectivity index (χ4v) is 2.62. The molecule has 1 aromatic heterocycles. The van der Waals surface area contributed by atoms with Crippen LogP contribution in [-0.2, 0) is 12.0 Å². The van der Waals surface area contributed by atoms with Crippen LogP contribution in [0.1, 0.15) is 49.7 Å². The average molecular weight is 226 g/mol. The minimum atomic E-state index is 0.0128. The van der Waals surface area contributed by atoms with Crippen molar-refractivity contribution in [3.8, 4) is 0 Å². The van der Waals surface area contributed by atoms with Gasteiger partial charge in [-0.05, 0) is 40.2 Å². The predicted octanol–water partition coefficient (Wildman–Crippen LogP) is 3.25. The third-order valence-electron chi connectivity index (χ3n) is 2.58. The SMILES string of the molecule is CCCNC(C)(C)c1nc(CC)c(C)s1. The Balaban J connectivity index is 2.84. The van der Waals surface area contributed by atoms with Crippen molar-refractivity contribution in [2.45, 2.75) is 53.0 Å². The van der Waals surface area contributed by atoms with Crippen molar-refractivity contribution >= 4 is 11.3 Å². The van der Waals surface area contributed by atoms with Gasteiger partial charge in [-0.25, -0.2) is 4.98 Å². The molecule has 1 rings (SSSR count). The second-order valence-corrected chi connectivity index (χ2v) is 5.63. The molecule has 2 nitrogen and oxygen atoms in total. The van der Waals surface area contributed by atoms with E-state index in [9.17, 15) is 0 Å². The maximum absolute atomic E-state index is 4.71. The lowest BCUT2D eigenvalue weighted by atomic mass is 10.1. The fourth-order valence-electron chi connectivity index (χ4n) is 1.54. The van der Waals surface area contributed by atoms with Crippen LogP contribution in [0.4, 0.5) is 0 Å². The summed E-state index contributed by atoms with van der Waals surface area (Å²) in [4.78, 5) is 6.07. The molecular weight excluding hydrogens is 204 g/mol. The van der Waals surface area contributed by atoms with Crippen LogP contribution in [0.25, 0.3) is 0 Å². The topological polar surface area (TPSA) is 24.9 Å². The molecule has 0 radical (unpaired) electrons. The van der Waals surface area contributed by atoms with Crippen LogP contribution in [0.15, 0.2) is 0 Å². The predicted molar refractivity (Wildman–Crippen MR) is 67.5 cm³/mol. The van der Waals surface area contributed by atoms with E-state index < -0.39 is 0 Å². The highest BCUT2D eigenvalue weighted by atomic mass is 32.1. The van der Waals surface area contributed by atoms with Crippen LogP contribution in [0.3, 0.4) is 0 Å². The lowest BCUT2D eigenvalue weighted by Crippen LogP contribution is -2.36. The summed E-state index contributed by atoms with van der Waals surface area (Å²) in [6.07, 6.45) is 2.20. The molecule has 15 heavy (non-hydrogen) atoms. The molecule has 0 saturated heterocycles. The van der Waals surface area contributed by atoms with Gasteiger partial charge in [0.25, 0.3) is 0 Å². The molecule has 1 N–H and O–H groups in total. The van der Waals surface area contributed by atoms with E-state index in [-0.39, 0.29) is 5.54 Å². The number of aromatic nitrogens is 1. The number of hydrogen-bond donors (Lipinski definition) is 1. The van der Waals surface area contributed by atoms with E-state index in [1.807, 2.05) is 11.3 Å². The van der Waals surface area contributed by atoms with Crippen LogP contribution in [-0.4, -0.2) is 11.5 Å². The van der Waals surface area contributed by atoms with Crippen LogP contribution >= 0.6 is 11.3 Å². The third-order valence-corrected chi connectivity index (χ3v) is 3.92. The molecule has 3 heteroatoms. The van der Waals surface area contributed by atoms with Gasteiger partial charge in [-0.15, -0.1) is 11.3 Å². The van der Waals surface area contributed by atoms with Crippen molar-refractivity contribution in [1.29, 1.82) is 0 Å². The zero-order valence-electron chi connectivity index (χ0n) is 10.5. The molecule has 0 bridgehead atoms. The standard InChI is InChI=1S/C12H22N2S/c1-6-8-13-12(4,5)11-14-10(7-2)9(3)15-11/h13H,6-8H2,1-5H3. The molecule has 0 amide bonds. The second kappa shape index (κ2) is 5.08. The van der Waals surface area contributed by atoms with Crippen molar-refractivity contribution in [3.63, 3.8) is 0 Å². The van der Waals surface area contributed by atoms with Gasteiger partial charge in [0.05, 0.1) is 11.2 Å². The van der Waals surface area contributed by atoms with Gasteiger partial charge in [0.2, 0.25) is 0 Å². The van der Waals surface area contributed by atoms with E-state index in [1.54, 1.807) is 0 Å². The summed E-state index contributed by atoms with van der Waals surface area (Å²) in [6, 6.07) is 0. The van der Waals surface area contributed by atoms with E-state index in [4.69, 9.17) is 4.98 Å². The number of nitrogens with zero attached hydrogens (tertiary/aromatic N) is 1. The maximum Gasteiger partial charge on any atom is 0.113 e. The highest BCUT2D eigenvalue weighted by molar-refractivity contribution is 7.11. The van der Waals surface area contributed by atoms with E-state index in [0.29, 0.717) is 0 Å². The van der Waals surface area contributed by atoms with Crippen LogP contribution in [0.5, 0.6) is 0 Å². The van der Waals surface area contributed by atoms with Crippen LogP contribution in [0.2, 0.25) is 0 Å². The largest absolute Gasteiger partial charge is 0.306 e. The number of thiazole rings is 1. The van der Waals surface area contributed by atoms with Crippen molar-refractivity contribution < 1.29 is 0 Å². The summed E-state index contributed by atoms with van der Waals surface area (Å²) in [5, 5.41) is 4.75. The Hall–Kier alpha value is -0.410. The molecule has 0 aliphatic rings. The monoisotopic (exact) mass is 226 g/mol. The van der Waals surface area contributed by atoms with E-state index in [0.717, 1.165) is 19.4 Å². The van der Waals surface area contributed by atoms with Gasteiger partial charge in [-0.2, -0.15) is 0 Å². The molecular formula is C12H22N2S. The molecule has 0 fully saturated rings. The van der Waals surface area contributed by atoms with Crippen LogP contribution < -0.4 is 5.32 Å². The fraction of sp³-hybridized carbons (Fsp3) is 0.750. The Labute approximate surface area is 97.1 Å². The Morgan fingerprint density at radius 1 is 1.33 bits per heavy atom. The van der Waals surface area contributed by atoms with Gasteiger partial charge >= 0.3 is 0 Å². The van der Waals surface area contributed by atoms with Gasteiger partial charge in [-0.1, -0.05) is 13.8 Å². The number of hydrogen-bond acceptors (Lipinski definition) is 3. The lowest BCUT2D eigenvalue weighted by molar-refractivity contribution is 0.402. The second-order valence-electron chi connectivity index (χ2n) is 4.43. The number of aryl methyl sites for hydroxylation is 2. The van der Waals surface area contributed by atoms with Gasteiger partial charge in [0, 0.05) is 4.88 Å². The number of nitrogens with one attached hydrogen (secondary N) is 1. The molecule has 1 heterocycles. The zero-order valence-corrected chi connectivity index (χ0v) is 11.3. The van der Waals surface area contributed by atoms with Crippen molar-refractivity contribution in [2.24, 2.45) is 0 Å². The average Bonchev–Trinajstić information content (AvgIpc) is 2.57. The molecule has 0 unspecified atom stereocenters. The first-order valence-corrected chi connectivity index (χ1v) is 6.54. The summed E-state index contributed by atoms with van der Waals surface area (Å²) >= 11 is 1.82. The molecule has 0 saturated carbocycles. The minimum Gasteiger partial charge on any atom is -0.306 e.